The molecule has 0 aliphatic carbocycles. The smallest absolute Gasteiger partial charge is 0.274 e. The molecule has 8 heteroatoms. The van der Waals surface area contributed by atoms with Crippen LogP contribution in [-0.2, 0) is 11.2 Å². The number of carbonyl (C=O) groups excluding carboxylic acids is 1. The summed E-state index contributed by atoms with van der Waals surface area (Å²) >= 11 is 0. The Morgan fingerprint density at radius 2 is 2.19 bits per heavy atom. The monoisotopic (exact) mass is 370 g/mol. The number of nitrogens with zero attached hydrogens (tertiary/aromatic N) is 5. The van der Waals surface area contributed by atoms with Gasteiger partial charge in [-0.2, -0.15) is 5.10 Å². The molecule has 0 saturated carbocycles. The fraction of sp³-hybridized carbons (Fsp3) is 0.579. The molecule has 1 amide bonds. The van der Waals surface area contributed by atoms with Crippen LogP contribution in [0.25, 0.3) is 0 Å². The van der Waals surface area contributed by atoms with E-state index in [9.17, 15) is 4.79 Å². The Hall–Kier alpha value is -2.48. The van der Waals surface area contributed by atoms with E-state index in [0.29, 0.717) is 25.4 Å². The van der Waals surface area contributed by atoms with Gasteiger partial charge in [-0.05, 0) is 31.4 Å². The number of hydrogen-bond donors (Lipinski definition) is 1. The Labute approximate surface area is 158 Å². The fourth-order valence-electron chi connectivity index (χ4n) is 3.65. The summed E-state index contributed by atoms with van der Waals surface area (Å²) in [6, 6.07) is 3.73. The van der Waals surface area contributed by atoms with E-state index in [4.69, 9.17) is 9.72 Å². The summed E-state index contributed by atoms with van der Waals surface area (Å²) in [5, 5.41) is 7.14. The molecule has 2 fully saturated rings. The van der Waals surface area contributed by atoms with Crippen LogP contribution in [0.15, 0.2) is 18.3 Å². The molecular weight excluding hydrogens is 344 g/mol. The molecule has 0 radical (unpaired) electrons. The van der Waals surface area contributed by atoms with E-state index < -0.39 is 0 Å². The molecule has 8 nitrogen and oxygen atoms in total. The quantitative estimate of drug-likeness (QED) is 0.866. The third kappa shape index (κ3) is 3.95. The Bertz CT molecular complexity index is 786. The Balaban J connectivity index is 1.46. The summed E-state index contributed by atoms with van der Waals surface area (Å²) in [4.78, 5) is 25.9. The minimum absolute atomic E-state index is 0.0595. The van der Waals surface area contributed by atoms with Gasteiger partial charge in [-0.3, -0.25) is 9.89 Å². The molecule has 0 unspecified atom stereocenters. The molecular formula is C19H26N6O2. The highest BCUT2D eigenvalue weighted by atomic mass is 16.5. The minimum Gasteiger partial charge on any atom is -0.368 e. The van der Waals surface area contributed by atoms with Crippen molar-refractivity contribution in [3.8, 4) is 0 Å². The molecule has 2 aliphatic rings. The maximum absolute atomic E-state index is 12.8. The van der Waals surface area contributed by atoms with Gasteiger partial charge in [0.2, 0.25) is 5.95 Å². The van der Waals surface area contributed by atoms with Gasteiger partial charge in [0.1, 0.15) is 11.8 Å². The van der Waals surface area contributed by atoms with E-state index >= 15 is 0 Å². The molecule has 2 aliphatic heterocycles. The molecule has 4 heterocycles. The van der Waals surface area contributed by atoms with Gasteiger partial charge >= 0.3 is 0 Å². The standard InChI is InChI=1S/C19H26N6O2/c1-2-5-14-12-16(23-22-14)18(26)25-10-11-27-17(13-25)15-6-7-20-19(21-15)24-8-3-4-9-24/h6-7,12,17H,2-5,8-11,13H2,1H3,(H,22,23)/t17-/m1/s1. The number of aromatic amines is 1. The molecule has 0 aromatic carbocycles. The van der Waals surface area contributed by atoms with Gasteiger partial charge in [0.25, 0.3) is 5.91 Å². The van der Waals surface area contributed by atoms with Crippen molar-refractivity contribution in [2.24, 2.45) is 0 Å². The zero-order chi connectivity index (χ0) is 18.6. The topological polar surface area (TPSA) is 87.2 Å². The molecule has 1 N–H and O–H groups in total. The predicted octanol–water partition coefficient (Wildman–Crippen LogP) is 1.97. The Morgan fingerprint density at radius 3 is 3.00 bits per heavy atom. The first-order valence-corrected chi connectivity index (χ1v) is 9.77. The zero-order valence-corrected chi connectivity index (χ0v) is 15.7. The van der Waals surface area contributed by atoms with Crippen LogP contribution in [0.3, 0.4) is 0 Å². The summed E-state index contributed by atoms with van der Waals surface area (Å²) in [6.07, 6.45) is 5.82. The van der Waals surface area contributed by atoms with E-state index in [0.717, 1.165) is 43.3 Å². The summed E-state index contributed by atoms with van der Waals surface area (Å²) in [7, 11) is 0. The summed E-state index contributed by atoms with van der Waals surface area (Å²) in [5.74, 6) is 0.698. The lowest BCUT2D eigenvalue weighted by Gasteiger charge is -2.32. The average Bonchev–Trinajstić information content (AvgIpc) is 3.40. The minimum atomic E-state index is -0.235. The number of ether oxygens (including phenoxy) is 1. The maximum Gasteiger partial charge on any atom is 0.274 e. The summed E-state index contributed by atoms with van der Waals surface area (Å²) < 4.78 is 5.91. The molecule has 2 saturated heterocycles. The molecule has 27 heavy (non-hydrogen) atoms. The summed E-state index contributed by atoms with van der Waals surface area (Å²) in [6.45, 7) is 5.64. The van der Waals surface area contributed by atoms with Crippen molar-refractivity contribution >= 4 is 11.9 Å². The molecule has 1 atom stereocenters. The Morgan fingerprint density at radius 1 is 1.33 bits per heavy atom. The highest BCUT2D eigenvalue weighted by molar-refractivity contribution is 5.92. The molecule has 2 aromatic heterocycles. The van der Waals surface area contributed by atoms with E-state index in [2.05, 4.69) is 27.0 Å². The van der Waals surface area contributed by atoms with Gasteiger partial charge in [0.15, 0.2) is 0 Å². The third-order valence-electron chi connectivity index (χ3n) is 5.11. The second kappa shape index (κ2) is 8.04. The van der Waals surface area contributed by atoms with Crippen LogP contribution in [0.1, 0.15) is 54.2 Å². The van der Waals surface area contributed by atoms with Crippen LogP contribution in [-0.4, -0.2) is 63.8 Å². The lowest BCUT2D eigenvalue weighted by Crippen LogP contribution is -2.42. The number of morpholine rings is 1. The zero-order valence-electron chi connectivity index (χ0n) is 15.7. The third-order valence-corrected chi connectivity index (χ3v) is 5.11. The van der Waals surface area contributed by atoms with Crippen LogP contribution < -0.4 is 4.90 Å². The first kappa shape index (κ1) is 17.9. The van der Waals surface area contributed by atoms with Gasteiger partial charge in [-0.15, -0.1) is 0 Å². The van der Waals surface area contributed by atoms with Crippen molar-refractivity contribution in [1.82, 2.24) is 25.1 Å². The van der Waals surface area contributed by atoms with Crippen molar-refractivity contribution in [3.63, 3.8) is 0 Å². The van der Waals surface area contributed by atoms with E-state index in [1.165, 1.54) is 12.8 Å². The number of nitrogens with one attached hydrogen (secondary N) is 1. The van der Waals surface area contributed by atoms with E-state index in [1.54, 1.807) is 11.1 Å². The molecule has 144 valence electrons. The van der Waals surface area contributed by atoms with Crippen LogP contribution in [0.4, 0.5) is 5.95 Å². The van der Waals surface area contributed by atoms with Gasteiger partial charge in [-0.25, -0.2) is 9.97 Å². The normalized spacial score (nSPS) is 20.3. The van der Waals surface area contributed by atoms with E-state index in [-0.39, 0.29) is 12.0 Å². The second-order valence-electron chi connectivity index (χ2n) is 7.11. The first-order chi connectivity index (χ1) is 13.2. The molecule has 0 bridgehead atoms. The van der Waals surface area contributed by atoms with Crippen molar-refractivity contribution in [2.45, 2.75) is 38.7 Å². The highest BCUT2D eigenvalue weighted by Crippen LogP contribution is 2.24. The van der Waals surface area contributed by atoms with Gasteiger partial charge in [0, 0.05) is 31.5 Å². The van der Waals surface area contributed by atoms with E-state index in [1.807, 2.05) is 12.1 Å². The molecule has 4 rings (SSSR count). The van der Waals surface area contributed by atoms with Crippen LogP contribution >= 0.6 is 0 Å². The fourth-order valence-corrected chi connectivity index (χ4v) is 3.65. The van der Waals surface area contributed by atoms with Crippen molar-refractivity contribution < 1.29 is 9.53 Å². The Kier molecular flexibility index (Phi) is 5.33. The number of rotatable bonds is 5. The second-order valence-corrected chi connectivity index (χ2v) is 7.11. The van der Waals surface area contributed by atoms with Crippen LogP contribution in [0.2, 0.25) is 0 Å². The van der Waals surface area contributed by atoms with Crippen molar-refractivity contribution in [1.29, 1.82) is 0 Å². The lowest BCUT2D eigenvalue weighted by molar-refractivity contribution is -0.0249. The molecule has 2 aromatic rings. The largest absolute Gasteiger partial charge is 0.368 e. The first-order valence-electron chi connectivity index (χ1n) is 9.77. The number of amides is 1. The lowest BCUT2D eigenvalue weighted by atomic mass is 10.2. The van der Waals surface area contributed by atoms with Crippen LogP contribution in [0, 0.1) is 0 Å². The van der Waals surface area contributed by atoms with Gasteiger partial charge in [0.05, 0.1) is 18.8 Å². The number of aryl methyl sites for hydroxylation is 1. The number of anilines is 1. The van der Waals surface area contributed by atoms with Crippen molar-refractivity contribution in [2.75, 3.05) is 37.7 Å². The van der Waals surface area contributed by atoms with Crippen molar-refractivity contribution in [3.05, 3.63) is 35.4 Å². The highest BCUT2D eigenvalue weighted by Gasteiger charge is 2.29. The average molecular weight is 370 g/mol. The molecule has 0 spiro atoms. The van der Waals surface area contributed by atoms with Gasteiger partial charge < -0.3 is 14.5 Å². The number of aromatic nitrogens is 4. The number of carbonyl (C=O) groups is 1. The SMILES string of the molecule is CCCc1cc(C(=O)N2CCO[C@@H](c3ccnc(N4CCCC4)n3)C2)n[nH]1. The number of H-pyrrole nitrogens is 1. The number of hydrogen-bond acceptors (Lipinski definition) is 6. The predicted molar refractivity (Wildman–Crippen MR) is 101 cm³/mol. The van der Waals surface area contributed by atoms with Gasteiger partial charge in [-0.1, -0.05) is 13.3 Å². The summed E-state index contributed by atoms with van der Waals surface area (Å²) in [5.41, 5.74) is 2.30. The maximum atomic E-state index is 12.8. The van der Waals surface area contributed by atoms with Crippen LogP contribution in [0.5, 0.6) is 0 Å².